The number of likely N-dealkylation sites (N-methyl/N-ethyl adjacent to an activating group) is 1. The highest BCUT2D eigenvalue weighted by Gasteiger charge is 2.54. The zero-order valence-corrected chi connectivity index (χ0v) is 21.2. The van der Waals surface area contributed by atoms with Crippen LogP contribution in [-0.2, 0) is 21.4 Å². The molecule has 0 spiro atoms. The average Bonchev–Trinajstić information content (AvgIpc) is 3.56. The van der Waals surface area contributed by atoms with Gasteiger partial charge >= 0.3 is 0 Å². The lowest BCUT2D eigenvalue weighted by Crippen LogP contribution is -2.56. The van der Waals surface area contributed by atoms with E-state index in [9.17, 15) is 9.59 Å². The van der Waals surface area contributed by atoms with E-state index in [0.717, 1.165) is 18.7 Å². The summed E-state index contributed by atoms with van der Waals surface area (Å²) >= 11 is 25.3. The molecule has 4 rings (SSSR count). The molecule has 1 atom stereocenters. The zero-order valence-electron chi connectivity index (χ0n) is 18.2. The minimum absolute atomic E-state index is 0.122. The number of piperazine rings is 1. The minimum Gasteiger partial charge on any atom is -0.343 e. The number of nitrogens with one attached hydrogen (secondary N) is 1. The Labute approximate surface area is 213 Å². The Morgan fingerprint density at radius 2 is 1.61 bits per heavy atom. The van der Waals surface area contributed by atoms with Crippen molar-refractivity contribution in [3.63, 3.8) is 0 Å². The standard InChI is InChI=1S/C24H25Cl4N3O2/c1-30-9-11-31(12-10-30)22(32)20(13-15-5-6-16(25)14-19(15)28)29-23(33)24(7-8-24)21-17(26)3-2-4-18(21)27/h2-6,14,20H,7-13H2,1H3,(H,29,33). The molecule has 176 valence electrons. The molecule has 0 aromatic heterocycles. The average molecular weight is 529 g/mol. The maximum absolute atomic E-state index is 13.5. The first kappa shape index (κ1) is 24.6. The predicted octanol–water partition coefficient (Wildman–Crippen LogP) is 4.83. The summed E-state index contributed by atoms with van der Waals surface area (Å²) in [5, 5.41) is 4.91. The largest absolute Gasteiger partial charge is 0.343 e. The topological polar surface area (TPSA) is 52.6 Å². The van der Waals surface area contributed by atoms with Crippen LogP contribution in [-0.4, -0.2) is 60.9 Å². The number of hydrogen-bond donors (Lipinski definition) is 1. The molecule has 0 radical (unpaired) electrons. The highest BCUT2D eigenvalue weighted by atomic mass is 35.5. The zero-order chi connectivity index (χ0) is 23.8. The van der Waals surface area contributed by atoms with Crippen molar-refractivity contribution < 1.29 is 9.59 Å². The monoisotopic (exact) mass is 527 g/mol. The predicted molar refractivity (Wildman–Crippen MR) is 134 cm³/mol. The van der Waals surface area contributed by atoms with Crippen molar-refractivity contribution in [1.29, 1.82) is 0 Å². The van der Waals surface area contributed by atoms with Gasteiger partial charge in [0.1, 0.15) is 6.04 Å². The summed E-state index contributed by atoms with van der Waals surface area (Å²) in [6.45, 7) is 2.79. The molecule has 2 amide bonds. The summed E-state index contributed by atoms with van der Waals surface area (Å²) in [5.41, 5.74) is 0.551. The molecular formula is C24H25Cl4N3O2. The number of benzene rings is 2. The normalized spacial score (nSPS) is 18.6. The molecule has 1 aliphatic carbocycles. The fraction of sp³-hybridized carbons (Fsp3) is 0.417. The first-order valence-corrected chi connectivity index (χ1v) is 12.4. The number of halogens is 4. The van der Waals surface area contributed by atoms with E-state index >= 15 is 0 Å². The molecule has 1 aliphatic heterocycles. The van der Waals surface area contributed by atoms with Crippen molar-refractivity contribution in [2.24, 2.45) is 0 Å². The smallest absolute Gasteiger partial charge is 0.245 e. The van der Waals surface area contributed by atoms with Gasteiger partial charge < -0.3 is 15.1 Å². The summed E-state index contributed by atoms with van der Waals surface area (Å²) in [6, 6.07) is 9.62. The van der Waals surface area contributed by atoms with Gasteiger partial charge in [-0.15, -0.1) is 0 Å². The Kier molecular flexibility index (Phi) is 7.47. The summed E-state index contributed by atoms with van der Waals surface area (Å²) in [4.78, 5) is 31.0. The van der Waals surface area contributed by atoms with Crippen LogP contribution in [0, 0.1) is 0 Å². The van der Waals surface area contributed by atoms with Crippen LogP contribution in [0.15, 0.2) is 36.4 Å². The van der Waals surface area contributed by atoms with Crippen molar-refractivity contribution >= 4 is 58.2 Å². The molecular weight excluding hydrogens is 504 g/mol. The number of amides is 2. The van der Waals surface area contributed by atoms with Gasteiger partial charge in [-0.2, -0.15) is 0 Å². The second kappa shape index (κ2) is 10.0. The van der Waals surface area contributed by atoms with Crippen LogP contribution < -0.4 is 5.32 Å². The van der Waals surface area contributed by atoms with Crippen LogP contribution >= 0.6 is 46.4 Å². The van der Waals surface area contributed by atoms with Gasteiger partial charge in [0.15, 0.2) is 0 Å². The maximum atomic E-state index is 13.5. The lowest BCUT2D eigenvalue weighted by Gasteiger charge is -2.35. The van der Waals surface area contributed by atoms with Gasteiger partial charge in [-0.05, 0) is 49.7 Å². The molecule has 9 heteroatoms. The Morgan fingerprint density at radius 1 is 0.970 bits per heavy atom. The van der Waals surface area contributed by atoms with Gasteiger partial charge in [0.25, 0.3) is 0 Å². The van der Waals surface area contributed by atoms with Crippen LogP contribution in [0.4, 0.5) is 0 Å². The van der Waals surface area contributed by atoms with E-state index < -0.39 is 11.5 Å². The molecule has 0 bridgehead atoms. The van der Waals surface area contributed by atoms with E-state index in [-0.39, 0.29) is 18.2 Å². The molecule has 2 fully saturated rings. The summed E-state index contributed by atoms with van der Waals surface area (Å²) in [6.07, 6.45) is 1.51. The van der Waals surface area contributed by atoms with Crippen molar-refractivity contribution in [3.8, 4) is 0 Å². The Hall–Kier alpha value is -1.50. The second-order valence-electron chi connectivity index (χ2n) is 8.77. The van der Waals surface area contributed by atoms with Crippen LogP contribution in [0.5, 0.6) is 0 Å². The molecule has 1 saturated carbocycles. The molecule has 2 aliphatic rings. The molecule has 1 N–H and O–H groups in total. The van der Waals surface area contributed by atoms with E-state index in [1.54, 1.807) is 41.3 Å². The third-order valence-electron chi connectivity index (χ3n) is 6.48. The van der Waals surface area contributed by atoms with Gasteiger partial charge in [-0.3, -0.25) is 9.59 Å². The third-order valence-corrected chi connectivity index (χ3v) is 7.70. The first-order chi connectivity index (χ1) is 15.7. The summed E-state index contributed by atoms with van der Waals surface area (Å²) in [5.74, 6) is -0.362. The third kappa shape index (κ3) is 5.28. The lowest BCUT2D eigenvalue weighted by molar-refractivity contribution is -0.138. The lowest BCUT2D eigenvalue weighted by atomic mass is 9.93. The van der Waals surface area contributed by atoms with Crippen molar-refractivity contribution in [2.75, 3.05) is 33.2 Å². The highest BCUT2D eigenvalue weighted by molar-refractivity contribution is 6.37. The Morgan fingerprint density at radius 3 is 2.18 bits per heavy atom. The molecule has 1 heterocycles. The number of hydrogen-bond acceptors (Lipinski definition) is 3. The fourth-order valence-corrected chi connectivity index (χ4v) is 5.57. The maximum Gasteiger partial charge on any atom is 0.245 e. The van der Waals surface area contributed by atoms with Crippen molar-refractivity contribution in [1.82, 2.24) is 15.1 Å². The first-order valence-electron chi connectivity index (χ1n) is 10.9. The van der Waals surface area contributed by atoms with Crippen molar-refractivity contribution in [3.05, 3.63) is 67.6 Å². The highest BCUT2D eigenvalue weighted by Crippen LogP contribution is 2.53. The van der Waals surface area contributed by atoms with Gasteiger partial charge in [-0.25, -0.2) is 0 Å². The second-order valence-corrected chi connectivity index (χ2v) is 10.4. The quantitative estimate of drug-likeness (QED) is 0.584. The van der Waals surface area contributed by atoms with Gasteiger partial charge in [0.05, 0.1) is 5.41 Å². The SMILES string of the molecule is CN1CCN(C(=O)C(Cc2ccc(Cl)cc2Cl)NC(=O)C2(c3c(Cl)cccc3Cl)CC2)CC1. The van der Waals surface area contributed by atoms with Crippen LogP contribution in [0.3, 0.4) is 0 Å². The van der Waals surface area contributed by atoms with E-state index in [4.69, 9.17) is 46.4 Å². The molecule has 2 aromatic rings. The van der Waals surface area contributed by atoms with Gasteiger partial charge in [-0.1, -0.05) is 58.5 Å². The van der Waals surface area contributed by atoms with E-state index in [2.05, 4.69) is 10.2 Å². The van der Waals surface area contributed by atoms with E-state index in [1.807, 2.05) is 7.05 Å². The molecule has 1 saturated heterocycles. The molecule has 1 unspecified atom stereocenters. The Bertz CT molecular complexity index is 1050. The number of carbonyl (C=O) groups is 2. The summed E-state index contributed by atoms with van der Waals surface area (Å²) < 4.78 is 0. The number of rotatable bonds is 6. The van der Waals surface area contributed by atoms with Crippen LogP contribution in [0.1, 0.15) is 24.0 Å². The fourth-order valence-electron chi connectivity index (χ4n) is 4.32. The van der Waals surface area contributed by atoms with E-state index in [0.29, 0.717) is 51.6 Å². The number of carbonyl (C=O) groups excluding carboxylic acids is 2. The van der Waals surface area contributed by atoms with Gasteiger partial charge in [0, 0.05) is 58.3 Å². The molecule has 5 nitrogen and oxygen atoms in total. The van der Waals surface area contributed by atoms with Crippen molar-refractivity contribution in [2.45, 2.75) is 30.7 Å². The van der Waals surface area contributed by atoms with Crippen LogP contribution in [0.2, 0.25) is 20.1 Å². The Balaban J connectivity index is 1.60. The molecule has 33 heavy (non-hydrogen) atoms. The minimum atomic E-state index is -0.820. The van der Waals surface area contributed by atoms with Crippen LogP contribution in [0.25, 0.3) is 0 Å². The molecule has 2 aromatic carbocycles. The number of nitrogens with zero attached hydrogens (tertiary/aromatic N) is 2. The van der Waals surface area contributed by atoms with E-state index in [1.165, 1.54) is 0 Å². The van der Waals surface area contributed by atoms with Gasteiger partial charge in [0.2, 0.25) is 11.8 Å². The summed E-state index contributed by atoms with van der Waals surface area (Å²) in [7, 11) is 2.03.